The molecule has 6 heteroatoms. The van der Waals surface area contributed by atoms with Crippen molar-refractivity contribution in [1.29, 1.82) is 0 Å². The number of rotatable bonds is 5. The van der Waals surface area contributed by atoms with E-state index in [0.29, 0.717) is 17.8 Å². The van der Waals surface area contributed by atoms with E-state index >= 15 is 0 Å². The van der Waals surface area contributed by atoms with Crippen molar-refractivity contribution in [3.8, 4) is 0 Å². The Morgan fingerprint density at radius 3 is 2.81 bits per heavy atom. The normalized spacial score (nSPS) is 10.1. The molecule has 0 saturated carbocycles. The van der Waals surface area contributed by atoms with Gasteiger partial charge in [0, 0.05) is 17.9 Å². The van der Waals surface area contributed by atoms with Gasteiger partial charge >= 0.3 is 5.97 Å². The zero-order valence-corrected chi connectivity index (χ0v) is 9.98. The van der Waals surface area contributed by atoms with Gasteiger partial charge in [-0.1, -0.05) is 0 Å². The Kier molecular flexibility index (Phi) is 4.42. The first-order valence-electron chi connectivity index (χ1n) is 4.76. The van der Waals surface area contributed by atoms with E-state index < -0.39 is 5.97 Å². The number of carbonyl (C=O) groups is 2. The quantitative estimate of drug-likeness (QED) is 0.734. The average Bonchev–Trinajstić information content (AvgIpc) is 2.56. The fourth-order valence-electron chi connectivity index (χ4n) is 1.26. The highest BCUT2D eigenvalue weighted by Crippen LogP contribution is 2.17. The molecule has 1 aromatic rings. The SMILES string of the molecule is CSCCC(=O)Nc1cc(C)[nH]c1C(=O)O. The Morgan fingerprint density at radius 1 is 1.56 bits per heavy atom. The van der Waals surface area contributed by atoms with Crippen molar-refractivity contribution in [3.63, 3.8) is 0 Å². The molecule has 0 aliphatic carbocycles. The summed E-state index contributed by atoms with van der Waals surface area (Å²) in [6.45, 7) is 1.74. The summed E-state index contributed by atoms with van der Waals surface area (Å²) in [5.41, 5.74) is 1.06. The van der Waals surface area contributed by atoms with Crippen LogP contribution in [-0.4, -0.2) is 34.0 Å². The number of aromatic carboxylic acids is 1. The second kappa shape index (κ2) is 5.60. The van der Waals surface area contributed by atoms with Gasteiger partial charge in [0.25, 0.3) is 0 Å². The van der Waals surface area contributed by atoms with Crippen LogP contribution in [0.1, 0.15) is 22.6 Å². The van der Waals surface area contributed by atoms with Gasteiger partial charge < -0.3 is 15.4 Å². The van der Waals surface area contributed by atoms with Gasteiger partial charge in [0.05, 0.1) is 5.69 Å². The molecule has 3 N–H and O–H groups in total. The summed E-state index contributed by atoms with van der Waals surface area (Å²) in [6, 6.07) is 1.61. The summed E-state index contributed by atoms with van der Waals surface area (Å²) in [7, 11) is 0. The van der Waals surface area contributed by atoms with Crippen LogP contribution in [0.4, 0.5) is 5.69 Å². The molecule has 0 atom stereocenters. The molecule has 0 aromatic carbocycles. The number of anilines is 1. The van der Waals surface area contributed by atoms with E-state index in [1.807, 2.05) is 6.26 Å². The van der Waals surface area contributed by atoms with E-state index in [1.165, 1.54) is 0 Å². The molecule has 0 fully saturated rings. The van der Waals surface area contributed by atoms with Crippen LogP contribution in [0.5, 0.6) is 0 Å². The molecule has 0 unspecified atom stereocenters. The third kappa shape index (κ3) is 3.30. The fraction of sp³-hybridized carbons (Fsp3) is 0.400. The first-order valence-corrected chi connectivity index (χ1v) is 6.15. The largest absolute Gasteiger partial charge is 0.477 e. The van der Waals surface area contributed by atoms with E-state index in [9.17, 15) is 9.59 Å². The minimum absolute atomic E-state index is 0.0231. The highest BCUT2D eigenvalue weighted by molar-refractivity contribution is 7.98. The number of nitrogens with one attached hydrogen (secondary N) is 2. The summed E-state index contributed by atoms with van der Waals surface area (Å²) in [6.07, 6.45) is 2.29. The monoisotopic (exact) mass is 242 g/mol. The number of aromatic amines is 1. The van der Waals surface area contributed by atoms with Crippen LogP contribution >= 0.6 is 11.8 Å². The molecule has 88 valence electrons. The van der Waals surface area contributed by atoms with Gasteiger partial charge in [-0.05, 0) is 19.2 Å². The number of thioether (sulfide) groups is 1. The number of hydrogen-bond donors (Lipinski definition) is 3. The lowest BCUT2D eigenvalue weighted by Gasteiger charge is -2.03. The van der Waals surface area contributed by atoms with Crippen molar-refractivity contribution < 1.29 is 14.7 Å². The first kappa shape index (κ1) is 12.6. The predicted molar refractivity (Wildman–Crippen MR) is 64.1 cm³/mol. The average molecular weight is 242 g/mol. The van der Waals surface area contributed by atoms with Crippen molar-refractivity contribution >= 4 is 29.3 Å². The maximum absolute atomic E-state index is 11.4. The predicted octanol–water partition coefficient (Wildman–Crippen LogP) is 1.71. The van der Waals surface area contributed by atoms with Gasteiger partial charge in [-0.25, -0.2) is 4.79 Å². The van der Waals surface area contributed by atoms with E-state index in [1.54, 1.807) is 24.8 Å². The molecule has 0 aliphatic heterocycles. The molecule has 1 rings (SSSR count). The first-order chi connectivity index (χ1) is 7.54. The zero-order chi connectivity index (χ0) is 12.1. The Bertz CT molecular complexity index is 401. The molecule has 16 heavy (non-hydrogen) atoms. The lowest BCUT2D eigenvalue weighted by atomic mass is 10.3. The molecule has 0 spiro atoms. The maximum atomic E-state index is 11.4. The van der Waals surface area contributed by atoms with Crippen LogP contribution in [-0.2, 0) is 4.79 Å². The van der Waals surface area contributed by atoms with Crippen molar-refractivity contribution in [2.45, 2.75) is 13.3 Å². The van der Waals surface area contributed by atoms with Crippen LogP contribution in [0.15, 0.2) is 6.07 Å². The van der Waals surface area contributed by atoms with E-state index in [0.717, 1.165) is 5.75 Å². The van der Waals surface area contributed by atoms with Gasteiger partial charge in [0.1, 0.15) is 5.69 Å². The molecule has 0 bridgehead atoms. The Labute approximate surface area is 97.6 Å². The van der Waals surface area contributed by atoms with Crippen molar-refractivity contribution in [2.24, 2.45) is 0 Å². The van der Waals surface area contributed by atoms with Gasteiger partial charge in [-0.15, -0.1) is 0 Å². The topological polar surface area (TPSA) is 82.2 Å². The molecule has 1 heterocycles. The molecule has 0 radical (unpaired) electrons. The minimum atomic E-state index is -1.08. The number of aromatic nitrogens is 1. The Balaban J connectivity index is 2.72. The van der Waals surface area contributed by atoms with E-state index in [2.05, 4.69) is 10.3 Å². The number of amides is 1. The van der Waals surface area contributed by atoms with E-state index in [-0.39, 0.29) is 11.6 Å². The molecule has 0 aliphatic rings. The van der Waals surface area contributed by atoms with Crippen LogP contribution in [0.3, 0.4) is 0 Å². The molecular weight excluding hydrogens is 228 g/mol. The maximum Gasteiger partial charge on any atom is 0.354 e. The van der Waals surface area contributed by atoms with Crippen molar-refractivity contribution in [2.75, 3.05) is 17.3 Å². The molecule has 0 saturated heterocycles. The highest BCUT2D eigenvalue weighted by Gasteiger charge is 2.14. The van der Waals surface area contributed by atoms with Gasteiger partial charge in [-0.3, -0.25) is 4.79 Å². The van der Waals surface area contributed by atoms with Crippen LogP contribution in [0.25, 0.3) is 0 Å². The smallest absolute Gasteiger partial charge is 0.354 e. The third-order valence-electron chi connectivity index (χ3n) is 1.97. The molecule has 1 aromatic heterocycles. The molecule has 1 amide bonds. The van der Waals surface area contributed by atoms with Gasteiger partial charge in [0.2, 0.25) is 5.91 Å². The summed E-state index contributed by atoms with van der Waals surface area (Å²) < 4.78 is 0. The lowest BCUT2D eigenvalue weighted by Crippen LogP contribution is -2.14. The highest BCUT2D eigenvalue weighted by atomic mass is 32.2. The fourth-order valence-corrected chi connectivity index (χ4v) is 1.65. The van der Waals surface area contributed by atoms with E-state index in [4.69, 9.17) is 5.11 Å². The summed E-state index contributed by atoms with van der Waals surface area (Å²) >= 11 is 1.57. The van der Waals surface area contributed by atoms with Crippen molar-refractivity contribution in [1.82, 2.24) is 4.98 Å². The number of carboxylic acid groups (broad SMARTS) is 1. The number of hydrogen-bond acceptors (Lipinski definition) is 3. The van der Waals surface area contributed by atoms with Crippen LogP contribution < -0.4 is 5.32 Å². The van der Waals surface area contributed by atoms with Crippen molar-refractivity contribution in [3.05, 3.63) is 17.5 Å². The summed E-state index contributed by atoms with van der Waals surface area (Å²) in [5, 5.41) is 11.5. The van der Waals surface area contributed by atoms with Crippen LogP contribution in [0, 0.1) is 6.92 Å². The Morgan fingerprint density at radius 2 is 2.25 bits per heavy atom. The number of H-pyrrole nitrogens is 1. The number of carboxylic acids is 1. The lowest BCUT2D eigenvalue weighted by molar-refractivity contribution is -0.115. The van der Waals surface area contributed by atoms with Gasteiger partial charge in [-0.2, -0.15) is 11.8 Å². The third-order valence-corrected chi connectivity index (χ3v) is 2.59. The second-order valence-electron chi connectivity index (χ2n) is 3.34. The Hall–Kier alpha value is -1.43. The van der Waals surface area contributed by atoms with Crippen LogP contribution in [0.2, 0.25) is 0 Å². The van der Waals surface area contributed by atoms with Gasteiger partial charge in [0.15, 0.2) is 0 Å². The zero-order valence-electron chi connectivity index (χ0n) is 9.16. The number of aryl methyl sites for hydroxylation is 1. The molecule has 5 nitrogen and oxygen atoms in total. The summed E-state index contributed by atoms with van der Waals surface area (Å²) in [4.78, 5) is 25.0. The number of carbonyl (C=O) groups excluding carboxylic acids is 1. The minimum Gasteiger partial charge on any atom is -0.477 e. The standard InChI is InChI=1S/C10H14N2O3S/c1-6-5-7(9(11-6)10(14)15)12-8(13)3-4-16-2/h5,11H,3-4H2,1-2H3,(H,12,13)(H,14,15). The molecular formula is C10H14N2O3S. The summed E-state index contributed by atoms with van der Waals surface area (Å²) in [5.74, 6) is -0.526. The second-order valence-corrected chi connectivity index (χ2v) is 4.32.